The van der Waals surface area contributed by atoms with Crippen LogP contribution in [0.3, 0.4) is 0 Å². The molecule has 0 unspecified atom stereocenters. The molecule has 1 aliphatic rings. The smallest absolute Gasteiger partial charge is 0.309 e. The van der Waals surface area contributed by atoms with Crippen molar-refractivity contribution in [1.82, 2.24) is 5.32 Å². The summed E-state index contributed by atoms with van der Waals surface area (Å²) >= 11 is 0. The molecule has 0 bridgehead atoms. The number of amides is 1. The molecule has 1 saturated heterocycles. The first kappa shape index (κ1) is 17.5. The molecular weight excluding hydrogens is 292 g/mol. The minimum absolute atomic E-state index is 0.0117. The lowest BCUT2D eigenvalue weighted by Crippen LogP contribution is -3.14. The summed E-state index contributed by atoms with van der Waals surface area (Å²) in [6, 6.07) is 10.3. The highest BCUT2D eigenvalue weighted by molar-refractivity contribution is 5.76. The summed E-state index contributed by atoms with van der Waals surface area (Å²) < 4.78 is 4.78. The zero-order chi connectivity index (χ0) is 16.5. The van der Waals surface area contributed by atoms with Crippen LogP contribution in [-0.4, -0.2) is 45.2 Å². The van der Waals surface area contributed by atoms with Gasteiger partial charge in [-0.3, -0.25) is 9.59 Å². The Balaban J connectivity index is 1.58. The lowest BCUT2D eigenvalue weighted by Gasteiger charge is -2.27. The van der Waals surface area contributed by atoms with Crippen molar-refractivity contribution in [2.45, 2.75) is 25.7 Å². The van der Waals surface area contributed by atoms with E-state index in [-0.39, 0.29) is 17.8 Å². The van der Waals surface area contributed by atoms with Crippen molar-refractivity contribution in [3.05, 3.63) is 35.9 Å². The van der Waals surface area contributed by atoms with Crippen molar-refractivity contribution in [3.8, 4) is 0 Å². The van der Waals surface area contributed by atoms with Gasteiger partial charge in [-0.05, 0) is 18.4 Å². The summed E-state index contributed by atoms with van der Waals surface area (Å²) in [5.41, 5.74) is 1.30. The van der Waals surface area contributed by atoms with Crippen LogP contribution in [0.5, 0.6) is 0 Å². The third-order valence-corrected chi connectivity index (χ3v) is 4.45. The van der Waals surface area contributed by atoms with Crippen LogP contribution in [0.1, 0.15) is 24.8 Å². The molecule has 0 atom stereocenters. The van der Waals surface area contributed by atoms with E-state index in [1.54, 1.807) is 0 Å². The minimum Gasteiger partial charge on any atom is -0.469 e. The van der Waals surface area contributed by atoms with Crippen LogP contribution in [0.15, 0.2) is 30.3 Å². The average Bonchev–Trinajstić information content (AvgIpc) is 2.59. The quantitative estimate of drug-likeness (QED) is 0.558. The molecule has 1 fully saturated rings. The molecule has 5 heteroatoms. The Kier molecular flexibility index (Phi) is 7.07. The first-order valence-electron chi connectivity index (χ1n) is 8.41. The molecule has 0 aliphatic carbocycles. The second-order valence-electron chi connectivity index (χ2n) is 6.16. The SMILES string of the molecule is COC(=O)C1CC[NH+](CC(=O)NCCCc2ccccc2)CC1. The van der Waals surface area contributed by atoms with E-state index in [1.807, 2.05) is 18.2 Å². The summed E-state index contributed by atoms with van der Waals surface area (Å²) in [4.78, 5) is 24.7. The number of aryl methyl sites for hydroxylation is 1. The summed E-state index contributed by atoms with van der Waals surface area (Å²) in [6.45, 7) is 2.93. The maximum atomic E-state index is 12.0. The average molecular weight is 319 g/mol. The lowest BCUT2D eigenvalue weighted by atomic mass is 9.97. The Morgan fingerprint density at radius 1 is 1.22 bits per heavy atom. The summed E-state index contributed by atoms with van der Waals surface area (Å²) in [5.74, 6) is -0.00308. The van der Waals surface area contributed by atoms with Crippen LogP contribution in [0, 0.1) is 5.92 Å². The van der Waals surface area contributed by atoms with Crippen molar-refractivity contribution in [1.29, 1.82) is 0 Å². The van der Waals surface area contributed by atoms with E-state index < -0.39 is 0 Å². The largest absolute Gasteiger partial charge is 0.469 e. The van der Waals surface area contributed by atoms with Gasteiger partial charge in [-0.15, -0.1) is 0 Å². The molecule has 0 spiro atoms. The Morgan fingerprint density at radius 3 is 2.57 bits per heavy atom. The first-order chi connectivity index (χ1) is 11.2. The van der Waals surface area contributed by atoms with Crippen molar-refractivity contribution >= 4 is 11.9 Å². The van der Waals surface area contributed by atoms with Gasteiger partial charge in [0.15, 0.2) is 6.54 Å². The van der Waals surface area contributed by atoms with Crippen LogP contribution in [-0.2, 0) is 20.7 Å². The molecule has 0 saturated carbocycles. The summed E-state index contributed by atoms with van der Waals surface area (Å²) in [5, 5.41) is 2.99. The topological polar surface area (TPSA) is 59.8 Å². The fourth-order valence-corrected chi connectivity index (χ4v) is 3.06. The number of quaternary nitrogens is 1. The molecule has 2 N–H and O–H groups in total. The molecule has 1 amide bonds. The van der Waals surface area contributed by atoms with E-state index in [2.05, 4.69) is 17.4 Å². The first-order valence-corrected chi connectivity index (χ1v) is 8.41. The highest BCUT2D eigenvalue weighted by Gasteiger charge is 2.28. The van der Waals surface area contributed by atoms with E-state index in [9.17, 15) is 9.59 Å². The van der Waals surface area contributed by atoms with Gasteiger partial charge in [0.25, 0.3) is 5.91 Å². The maximum Gasteiger partial charge on any atom is 0.309 e. The molecule has 5 nitrogen and oxygen atoms in total. The predicted molar refractivity (Wildman–Crippen MR) is 88.1 cm³/mol. The van der Waals surface area contributed by atoms with Crippen molar-refractivity contribution in [2.24, 2.45) is 5.92 Å². The second-order valence-corrected chi connectivity index (χ2v) is 6.16. The third-order valence-electron chi connectivity index (χ3n) is 4.45. The molecule has 23 heavy (non-hydrogen) atoms. The Morgan fingerprint density at radius 2 is 1.91 bits per heavy atom. The number of hydrogen-bond donors (Lipinski definition) is 2. The van der Waals surface area contributed by atoms with E-state index >= 15 is 0 Å². The number of methoxy groups -OCH3 is 1. The van der Waals surface area contributed by atoms with Gasteiger partial charge in [0.05, 0.1) is 26.1 Å². The van der Waals surface area contributed by atoms with Gasteiger partial charge < -0.3 is 15.0 Å². The zero-order valence-corrected chi connectivity index (χ0v) is 13.8. The standard InChI is InChI=1S/C18H26N2O3/c1-23-18(22)16-9-12-20(13-10-16)14-17(21)19-11-5-8-15-6-3-2-4-7-15/h2-4,6-7,16H,5,8-14H2,1H3,(H,19,21)/p+1. The summed E-state index contributed by atoms with van der Waals surface area (Å²) in [6.07, 6.45) is 3.56. The van der Waals surface area contributed by atoms with Gasteiger partial charge in [-0.25, -0.2) is 0 Å². The van der Waals surface area contributed by atoms with E-state index in [0.29, 0.717) is 13.1 Å². The monoisotopic (exact) mass is 319 g/mol. The Bertz CT molecular complexity index is 496. The number of esters is 1. The van der Waals surface area contributed by atoms with E-state index in [1.165, 1.54) is 17.6 Å². The predicted octanol–water partition coefficient (Wildman–Crippen LogP) is 0.203. The number of likely N-dealkylation sites (tertiary alicyclic amines) is 1. The van der Waals surface area contributed by atoms with Crippen LogP contribution in [0.2, 0.25) is 0 Å². The highest BCUT2D eigenvalue weighted by atomic mass is 16.5. The lowest BCUT2D eigenvalue weighted by molar-refractivity contribution is -0.897. The van der Waals surface area contributed by atoms with Crippen LogP contribution < -0.4 is 10.2 Å². The minimum atomic E-state index is -0.116. The van der Waals surface area contributed by atoms with Gasteiger partial charge in [0.1, 0.15) is 0 Å². The number of rotatable bonds is 7. The number of hydrogen-bond acceptors (Lipinski definition) is 3. The highest BCUT2D eigenvalue weighted by Crippen LogP contribution is 2.10. The number of carbonyl (C=O) groups is 2. The van der Waals surface area contributed by atoms with Gasteiger partial charge in [0, 0.05) is 19.4 Å². The molecule has 0 radical (unpaired) electrons. The van der Waals surface area contributed by atoms with Crippen molar-refractivity contribution in [2.75, 3.05) is 33.3 Å². The van der Waals surface area contributed by atoms with Gasteiger partial charge >= 0.3 is 5.97 Å². The van der Waals surface area contributed by atoms with Crippen molar-refractivity contribution in [3.63, 3.8) is 0 Å². The Labute approximate surface area is 138 Å². The van der Waals surface area contributed by atoms with E-state index in [4.69, 9.17) is 4.74 Å². The molecular formula is C18H27N2O3+. The third kappa shape index (κ3) is 6.02. The molecule has 0 aromatic heterocycles. The van der Waals surface area contributed by atoms with Gasteiger partial charge in [-0.1, -0.05) is 30.3 Å². The van der Waals surface area contributed by atoms with Crippen LogP contribution in [0.25, 0.3) is 0 Å². The normalized spacial score (nSPS) is 20.7. The molecule has 2 rings (SSSR count). The fourth-order valence-electron chi connectivity index (χ4n) is 3.06. The van der Waals surface area contributed by atoms with Gasteiger partial charge in [-0.2, -0.15) is 0 Å². The van der Waals surface area contributed by atoms with Crippen LogP contribution in [0.4, 0.5) is 0 Å². The number of ether oxygens (including phenoxy) is 1. The zero-order valence-electron chi connectivity index (χ0n) is 13.8. The van der Waals surface area contributed by atoms with Crippen molar-refractivity contribution < 1.29 is 19.2 Å². The van der Waals surface area contributed by atoms with E-state index in [0.717, 1.165) is 38.8 Å². The maximum absolute atomic E-state index is 12.0. The molecule has 1 aromatic carbocycles. The molecule has 1 aliphatic heterocycles. The van der Waals surface area contributed by atoms with Gasteiger partial charge in [0.2, 0.25) is 0 Å². The number of piperidine rings is 1. The molecule has 1 aromatic rings. The second kappa shape index (κ2) is 9.30. The summed E-state index contributed by atoms with van der Waals surface area (Å²) in [7, 11) is 1.43. The van der Waals surface area contributed by atoms with Crippen LogP contribution >= 0.6 is 0 Å². The Hall–Kier alpha value is -1.88. The fraction of sp³-hybridized carbons (Fsp3) is 0.556. The number of carbonyl (C=O) groups excluding carboxylic acids is 2. The molecule has 1 heterocycles. The number of benzene rings is 1. The molecule has 126 valence electrons. The number of nitrogens with one attached hydrogen (secondary N) is 2.